The normalized spacial score (nSPS) is 11.4. The van der Waals surface area contributed by atoms with Crippen molar-refractivity contribution < 1.29 is 9.18 Å². The summed E-state index contributed by atoms with van der Waals surface area (Å²) in [4.78, 5) is 11.1. The molecule has 0 aliphatic heterocycles. The van der Waals surface area contributed by atoms with Crippen LogP contribution in [0.4, 0.5) is 4.39 Å². The Bertz CT molecular complexity index is 327. The Balaban J connectivity index is 0.00000225. The van der Waals surface area contributed by atoms with E-state index in [9.17, 15) is 9.18 Å². The van der Waals surface area contributed by atoms with Gasteiger partial charge < -0.3 is 11.1 Å². The molecule has 5 heteroatoms. The molecule has 16 heavy (non-hydrogen) atoms. The van der Waals surface area contributed by atoms with Gasteiger partial charge in [0.2, 0.25) is 5.91 Å². The molecule has 1 aromatic carbocycles. The van der Waals surface area contributed by atoms with Crippen molar-refractivity contribution in [3.8, 4) is 0 Å². The molecule has 0 fully saturated rings. The van der Waals surface area contributed by atoms with E-state index in [1.807, 2.05) is 0 Å². The highest BCUT2D eigenvalue weighted by Gasteiger charge is 2.05. The summed E-state index contributed by atoms with van der Waals surface area (Å²) in [7, 11) is 0. The minimum Gasteiger partial charge on any atom is -0.354 e. The zero-order valence-corrected chi connectivity index (χ0v) is 9.89. The number of amides is 1. The average molecular weight is 247 g/mol. The predicted molar refractivity (Wildman–Crippen MR) is 64.0 cm³/mol. The highest BCUT2D eigenvalue weighted by atomic mass is 35.5. The van der Waals surface area contributed by atoms with Gasteiger partial charge in [-0.05, 0) is 31.0 Å². The fourth-order valence-electron chi connectivity index (χ4n) is 1.14. The quantitative estimate of drug-likeness (QED) is 0.840. The molecular formula is C11H16ClFN2O. The van der Waals surface area contributed by atoms with E-state index in [4.69, 9.17) is 5.73 Å². The maximum atomic E-state index is 12.6. The number of carbonyl (C=O) groups excluding carboxylic acids is 1. The maximum absolute atomic E-state index is 12.6. The monoisotopic (exact) mass is 246 g/mol. The molecule has 1 atom stereocenters. The van der Waals surface area contributed by atoms with E-state index < -0.39 is 6.04 Å². The van der Waals surface area contributed by atoms with Crippen LogP contribution in [0, 0.1) is 5.82 Å². The Hall–Kier alpha value is -1.13. The van der Waals surface area contributed by atoms with Crippen LogP contribution in [0.5, 0.6) is 0 Å². The molecule has 0 saturated carbocycles. The van der Waals surface area contributed by atoms with Crippen LogP contribution in [0.3, 0.4) is 0 Å². The molecule has 0 spiro atoms. The molecule has 90 valence electrons. The minimum absolute atomic E-state index is 0. The van der Waals surface area contributed by atoms with Crippen molar-refractivity contribution in [1.82, 2.24) is 5.32 Å². The van der Waals surface area contributed by atoms with E-state index in [1.165, 1.54) is 12.1 Å². The summed E-state index contributed by atoms with van der Waals surface area (Å²) in [5.41, 5.74) is 6.36. The third kappa shape index (κ3) is 5.09. The molecular weight excluding hydrogens is 231 g/mol. The highest BCUT2D eigenvalue weighted by Crippen LogP contribution is 2.02. The van der Waals surface area contributed by atoms with Crippen molar-refractivity contribution in [3.63, 3.8) is 0 Å². The minimum atomic E-state index is -0.488. The molecule has 1 amide bonds. The molecule has 0 saturated heterocycles. The van der Waals surface area contributed by atoms with Crippen LogP contribution in [-0.4, -0.2) is 18.5 Å². The lowest BCUT2D eigenvalue weighted by Gasteiger charge is -2.07. The lowest BCUT2D eigenvalue weighted by atomic mass is 10.1. The first-order valence-electron chi connectivity index (χ1n) is 4.87. The Kier molecular flexibility index (Phi) is 6.69. The first-order valence-corrected chi connectivity index (χ1v) is 4.87. The Labute approximate surface area is 101 Å². The van der Waals surface area contributed by atoms with Crippen LogP contribution in [0.1, 0.15) is 12.5 Å². The van der Waals surface area contributed by atoms with Crippen LogP contribution < -0.4 is 11.1 Å². The fourth-order valence-corrected chi connectivity index (χ4v) is 1.14. The predicted octanol–water partition coefficient (Wildman–Crippen LogP) is 1.25. The standard InChI is InChI=1S/C11H15FN2O.ClH/c1-8(13)11(15)14-7-6-9-2-4-10(12)5-3-9;/h2-5,8H,6-7,13H2,1H3,(H,14,15);1H. The molecule has 1 aromatic rings. The number of nitrogens with two attached hydrogens (primary N) is 1. The maximum Gasteiger partial charge on any atom is 0.236 e. The molecule has 0 heterocycles. The summed E-state index contributed by atoms with van der Waals surface area (Å²) in [6.07, 6.45) is 0.679. The third-order valence-electron chi connectivity index (χ3n) is 2.04. The van der Waals surface area contributed by atoms with Gasteiger partial charge in [0, 0.05) is 6.54 Å². The Morgan fingerprint density at radius 2 is 2.00 bits per heavy atom. The summed E-state index contributed by atoms with van der Waals surface area (Å²) < 4.78 is 12.6. The molecule has 3 nitrogen and oxygen atoms in total. The van der Waals surface area contributed by atoms with Gasteiger partial charge in [0.1, 0.15) is 5.82 Å². The largest absolute Gasteiger partial charge is 0.354 e. The molecule has 1 unspecified atom stereocenters. The number of hydrogen-bond acceptors (Lipinski definition) is 2. The van der Waals surface area contributed by atoms with Crippen molar-refractivity contribution >= 4 is 18.3 Å². The van der Waals surface area contributed by atoms with Gasteiger partial charge in [0.15, 0.2) is 0 Å². The van der Waals surface area contributed by atoms with E-state index in [2.05, 4.69) is 5.32 Å². The van der Waals surface area contributed by atoms with Crippen molar-refractivity contribution in [2.45, 2.75) is 19.4 Å². The number of carbonyl (C=O) groups is 1. The summed E-state index contributed by atoms with van der Waals surface area (Å²) >= 11 is 0. The van der Waals surface area contributed by atoms with Crippen molar-refractivity contribution in [3.05, 3.63) is 35.6 Å². The lowest BCUT2D eigenvalue weighted by molar-refractivity contribution is -0.121. The van der Waals surface area contributed by atoms with Crippen molar-refractivity contribution in [1.29, 1.82) is 0 Å². The highest BCUT2D eigenvalue weighted by molar-refractivity contribution is 5.85. The topological polar surface area (TPSA) is 55.1 Å². The third-order valence-corrected chi connectivity index (χ3v) is 2.04. The van der Waals surface area contributed by atoms with E-state index >= 15 is 0 Å². The fraction of sp³-hybridized carbons (Fsp3) is 0.364. The number of rotatable bonds is 4. The van der Waals surface area contributed by atoms with Gasteiger partial charge in [-0.2, -0.15) is 0 Å². The number of halogens is 2. The molecule has 0 aromatic heterocycles. The molecule has 0 bridgehead atoms. The van der Waals surface area contributed by atoms with Crippen LogP contribution in [0.2, 0.25) is 0 Å². The molecule has 1 rings (SSSR count). The van der Waals surface area contributed by atoms with Gasteiger partial charge in [-0.3, -0.25) is 4.79 Å². The van der Waals surface area contributed by atoms with Crippen LogP contribution in [0.15, 0.2) is 24.3 Å². The Morgan fingerprint density at radius 3 is 2.50 bits per heavy atom. The molecule has 0 aliphatic carbocycles. The summed E-state index contributed by atoms with van der Waals surface area (Å²) in [6.45, 7) is 2.15. The van der Waals surface area contributed by atoms with E-state index in [0.717, 1.165) is 5.56 Å². The van der Waals surface area contributed by atoms with E-state index in [-0.39, 0.29) is 24.1 Å². The SMILES string of the molecule is CC(N)C(=O)NCCc1ccc(F)cc1.Cl. The molecule has 3 N–H and O–H groups in total. The number of hydrogen-bond donors (Lipinski definition) is 2. The van der Waals surface area contributed by atoms with Gasteiger partial charge in [-0.25, -0.2) is 4.39 Å². The lowest BCUT2D eigenvalue weighted by Crippen LogP contribution is -2.39. The van der Waals surface area contributed by atoms with E-state index in [1.54, 1.807) is 19.1 Å². The smallest absolute Gasteiger partial charge is 0.236 e. The average Bonchev–Trinajstić information content (AvgIpc) is 2.20. The number of nitrogens with one attached hydrogen (secondary N) is 1. The second kappa shape index (κ2) is 7.19. The second-order valence-electron chi connectivity index (χ2n) is 3.46. The summed E-state index contributed by atoms with van der Waals surface area (Å²) in [5.74, 6) is -0.421. The summed E-state index contributed by atoms with van der Waals surface area (Å²) in [6, 6.07) is 5.73. The Morgan fingerprint density at radius 1 is 1.44 bits per heavy atom. The van der Waals surface area contributed by atoms with Gasteiger partial charge >= 0.3 is 0 Å². The van der Waals surface area contributed by atoms with E-state index in [0.29, 0.717) is 13.0 Å². The zero-order chi connectivity index (χ0) is 11.3. The van der Waals surface area contributed by atoms with Gasteiger partial charge in [-0.1, -0.05) is 12.1 Å². The van der Waals surface area contributed by atoms with Gasteiger partial charge in [-0.15, -0.1) is 12.4 Å². The number of benzene rings is 1. The molecule has 0 radical (unpaired) electrons. The first kappa shape index (κ1) is 14.9. The van der Waals surface area contributed by atoms with Crippen LogP contribution in [-0.2, 0) is 11.2 Å². The van der Waals surface area contributed by atoms with Crippen molar-refractivity contribution in [2.24, 2.45) is 5.73 Å². The second-order valence-corrected chi connectivity index (χ2v) is 3.46. The van der Waals surface area contributed by atoms with Gasteiger partial charge in [0.25, 0.3) is 0 Å². The van der Waals surface area contributed by atoms with Crippen molar-refractivity contribution in [2.75, 3.05) is 6.54 Å². The summed E-state index contributed by atoms with van der Waals surface area (Å²) in [5, 5.41) is 2.69. The van der Waals surface area contributed by atoms with Crippen LogP contribution in [0.25, 0.3) is 0 Å². The first-order chi connectivity index (χ1) is 7.09. The van der Waals surface area contributed by atoms with Crippen LogP contribution >= 0.6 is 12.4 Å². The molecule has 0 aliphatic rings. The van der Waals surface area contributed by atoms with Gasteiger partial charge in [0.05, 0.1) is 6.04 Å². The zero-order valence-electron chi connectivity index (χ0n) is 9.07.